The Bertz CT molecular complexity index is 915. The second kappa shape index (κ2) is 8.02. The normalized spacial score (nSPS) is 19.3. The van der Waals surface area contributed by atoms with Gasteiger partial charge >= 0.3 is 6.09 Å². The number of benzene rings is 1. The first-order valence-electron chi connectivity index (χ1n) is 9.86. The number of aromatic nitrogens is 2. The van der Waals surface area contributed by atoms with Crippen LogP contribution in [0.2, 0.25) is 0 Å². The van der Waals surface area contributed by atoms with E-state index in [0.717, 1.165) is 16.5 Å². The van der Waals surface area contributed by atoms with Crippen LogP contribution in [-0.4, -0.2) is 64.6 Å². The molecule has 0 spiro atoms. The van der Waals surface area contributed by atoms with E-state index in [2.05, 4.69) is 31.2 Å². The lowest BCUT2D eigenvalue weighted by Gasteiger charge is -2.52. The van der Waals surface area contributed by atoms with Crippen LogP contribution in [0.3, 0.4) is 0 Å². The van der Waals surface area contributed by atoms with Gasteiger partial charge in [-0.2, -0.15) is 5.10 Å². The molecule has 1 aliphatic heterocycles. The number of carbonyl (C=O) groups excluding carboxylic acids is 1. The summed E-state index contributed by atoms with van der Waals surface area (Å²) in [6.45, 7) is 10.2. The molecule has 2 aromatic rings. The second-order valence-electron chi connectivity index (χ2n) is 8.83. The van der Waals surface area contributed by atoms with Gasteiger partial charge in [-0.15, -0.1) is 0 Å². The van der Waals surface area contributed by atoms with Gasteiger partial charge in [0.25, 0.3) is 5.91 Å². The number of rotatable bonds is 6. The highest BCUT2D eigenvalue weighted by Crippen LogP contribution is 2.39. The summed E-state index contributed by atoms with van der Waals surface area (Å²) in [5.74, 6) is 0.0800. The molecule has 158 valence electrons. The van der Waals surface area contributed by atoms with Gasteiger partial charge in [-0.3, -0.25) is 9.48 Å². The van der Waals surface area contributed by atoms with E-state index in [1.54, 1.807) is 7.11 Å². The maximum absolute atomic E-state index is 12.4. The Morgan fingerprint density at radius 1 is 1.34 bits per heavy atom. The van der Waals surface area contributed by atoms with Gasteiger partial charge in [0, 0.05) is 55.9 Å². The Morgan fingerprint density at radius 2 is 2.07 bits per heavy atom. The van der Waals surface area contributed by atoms with Crippen LogP contribution in [0, 0.1) is 18.3 Å². The van der Waals surface area contributed by atoms with Gasteiger partial charge in [-0.1, -0.05) is 20.8 Å². The Morgan fingerprint density at radius 3 is 2.69 bits per heavy atom. The fourth-order valence-electron chi connectivity index (χ4n) is 4.28. The number of hydrogen-bond acceptors (Lipinski definition) is 4. The largest absolute Gasteiger partial charge is 0.465 e. The first kappa shape index (κ1) is 21.1. The molecule has 1 fully saturated rings. The highest BCUT2D eigenvalue weighted by Gasteiger charge is 2.48. The summed E-state index contributed by atoms with van der Waals surface area (Å²) >= 11 is 0. The first-order valence-corrected chi connectivity index (χ1v) is 9.86. The zero-order chi connectivity index (χ0) is 21.3. The van der Waals surface area contributed by atoms with Gasteiger partial charge in [0.15, 0.2) is 0 Å². The number of ether oxygens (including phenoxy) is 1. The lowest BCUT2D eigenvalue weighted by Crippen LogP contribution is -2.64. The number of nitrogens with one attached hydrogen (secondary N) is 1. The van der Waals surface area contributed by atoms with Crippen LogP contribution < -0.4 is 5.32 Å². The third kappa shape index (κ3) is 4.37. The molecule has 1 aromatic carbocycles. The summed E-state index contributed by atoms with van der Waals surface area (Å²) in [4.78, 5) is 25.4. The Hall–Kier alpha value is -2.61. The van der Waals surface area contributed by atoms with Crippen molar-refractivity contribution in [1.82, 2.24) is 20.0 Å². The summed E-state index contributed by atoms with van der Waals surface area (Å²) in [5.41, 5.74) is 2.18. The highest BCUT2D eigenvalue weighted by molar-refractivity contribution is 5.99. The van der Waals surface area contributed by atoms with Crippen LogP contribution in [0.25, 0.3) is 10.9 Å². The summed E-state index contributed by atoms with van der Waals surface area (Å²) in [5, 5.41) is 17.8. The molecule has 8 nitrogen and oxygen atoms in total. The van der Waals surface area contributed by atoms with Crippen LogP contribution in [-0.2, 0) is 11.3 Å². The van der Waals surface area contributed by atoms with Crippen molar-refractivity contribution in [1.29, 1.82) is 0 Å². The molecular formula is C21H30N4O4. The second-order valence-corrected chi connectivity index (χ2v) is 8.83. The van der Waals surface area contributed by atoms with Gasteiger partial charge in [0.1, 0.15) is 0 Å². The molecule has 0 bridgehead atoms. The average molecular weight is 402 g/mol. The molecule has 0 aliphatic carbocycles. The number of likely N-dealkylation sites (tertiary alicyclic amines) is 1. The van der Waals surface area contributed by atoms with E-state index < -0.39 is 6.09 Å². The molecule has 2 atom stereocenters. The van der Waals surface area contributed by atoms with Gasteiger partial charge in [-0.25, -0.2) is 4.79 Å². The average Bonchev–Trinajstić information content (AvgIpc) is 2.97. The predicted octanol–water partition coefficient (Wildman–Crippen LogP) is 2.75. The minimum absolute atomic E-state index is 0.0452. The molecule has 1 saturated heterocycles. The van der Waals surface area contributed by atoms with Crippen LogP contribution in [0.4, 0.5) is 4.79 Å². The molecule has 1 aliphatic rings. The highest BCUT2D eigenvalue weighted by atomic mass is 16.5. The molecule has 0 radical (unpaired) electrons. The summed E-state index contributed by atoms with van der Waals surface area (Å²) in [6, 6.07) is 3.74. The third-order valence-corrected chi connectivity index (χ3v) is 5.50. The minimum Gasteiger partial charge on any atom is -0.465 e. The quantitative estimate of drug-likeness (QED) is 0.724. The van der Waals surface area contributed by atoms with Crippen molar-refractivity contribution in [3.8, 4) is 0 Å². The number of carboxylic acid groups (broad SMARTS) is 1. The number of methoxy groups -OCH3 is 1. The zero-order valence-corrected chi connectivity index (χ0v) is 17.7. The van der Waals surface area contributed by atoms with E-state index in [1.165, 1.54) is 4.90 Å². The van der Waals surface area contributed by atoms with Crippen LogP contribution in [0.5, 0.6) is 0 Å². The van der Waals surface area contributed by atoms with E-state index in [9.17, 15) is 14.7 Å². The molecule has 3 rings (SSSR count). The lowest BCUT2D eigenvalue weighted by atomic mass is 9.72. The lowest BCUT2D eigenvalue weighted by molar-refractivity contribution is -0.0424. The maximum atomic E-state index is 12.4. The van der Waals surface area contributed by atoms with Crippen LogP contribution in [0.15, 0.2) is 18.3 Å². The van der Waals surface area contributed by atoms with Gasteiger partial charge < -0.3 is 20.1 Å². The molecule has 2 heterocycles. The fourth-order valence-corrected chi connectivity index (χ4v) is 4.28. The number of aryl methyl sites for hydroxylation is 1. The van der Waals surface area contributed by atoms with E-state index in [4.69, 9.17) is 4.74 Å². The topological polar surface area (TPSA) is 96.7 Å². The van der Waals surface area contributed by atoms with E-state index >= 15 is 0 Å². The molecule has 29 heavy (non-hydrogen) atoms. The van der Waals surface area contributed by atoms with Crippen molar-refractivity contribution in [2.75, 3.05) is 26.8 Å². The van der Waals surface area contributed by atoms with E-state index in [-0.39, 0.29) is 23.3 Å². The molecule has 2 N–H and O–H groups in total. The predicted molar refractivity (Wildman–Crippen MR) is 110 cm³/mol. The van der Waals surface area contributed by atoms with Crippen molar-refractivity contribution >= 4 is 22.9 Å². The van der Waals surface area contributed by atoms with Crippen molar-refractivity contribution in [3.63, 3.8) is 0 Å². The van der Waals surface area contributed by atoms with Crippen molar-refractivity contribution < 1.29 is 19.4 Å². The number of fused-ring (bicyclic) bond motifs is 1. The SMILES string of the molecule is COCCNC(=O)c1cc2cn(CC3CN(C(=O)O)C3C(C)(C)C)nc2cc1C. The summed E-state index contributed by atoms with van der Waals surface area (Å²) < 4.78 is 6.85. The molecule has 0 saturated carbocycles. The number of carbonyl (C=O) groups is 2. The van der Waals surface area contributed by atoms with Crippen molar-refractivity contribution in [2.45, 2.75) is 40.3 Å². The van der Waals surface area contributed by atoms with Gasteiger partial charge in [-0.05, 0) is 30.0 Å². The summed E-state index contributed by atoms with van der Waals surface area (Å²) in [7, 11) is 1.60. The first-order chi connectivity index (χ1) is 13.6. The molecule has 1 aromatic heterocycles. The van der Waals surface area contributed by atoms with Gasteiger partial charge in [0.2, 0.25) is 0 Å². The Balaban J connectivity index is 1.78. The Kier molecular flexibility index (Phi) is 5.84. The minimum atomic E-state index is -0.869. The van der Waals surface area contributed by atoms with Crippen molar-refractivity contribution in [3.05, 3.63) is 29.5 Å². The van der Waals surface area contributed by atoms with E-state index in [1.807, 2.05) is 29.9 Å². The zero-order valence-electron chi connectivity index (χ0n) is 17.7. The Labute approximate surface area is 170 Å². The smallest absolute Gasteiger partial charge is 0.407 e. The third-order valence-electron chi connectivity index (χ3n) is 5.50. The maximum Gasteiger partial charge on any atom is 0.407 e. The monoisotopic (exact) mass is 402 g/mol. The standard InChI is InChI=1S/C21H30N4O4/c1-13-8-17-14(9-16(13)19(26)22-6-7-29-5)10-24(23-17)11-15-12-25(20(27)28)18(15)21(2,3)4/h8-10,15,18H,6-7,11-12H2,1-5H3,(H,22,26)(H,27,28). The number of hydrogen-bond donors (Lipinski definition) is 2. The van der Waals surface area contributed by atoms with Crippen LogP contribution in [0.1, 0.15) is 36.7 Å². The number of amides is 2. The summed E-state index contributed by atoms with van der Waals surface area (Å²) in [6.07, 6.45) is 1.07. The van der Waals surface area contributed by atoms with Crippen molar-refractivity contribution in [2.24, 2.45) is 11.3 Å². The number of nitrogens with zero attached hydrogens (tertiary/aromatic N) is 3. The van der Waals surface area contributed by atoms with Gasteiger partial charge in [0.05, 0.1) is 12.1 Å². The fraction of sp³-hybridized carbons (Fsp3) is 0.571. The van der Waals surface area contributed by atoms with Crippen LogP contribution >= 0.6 is 0 Å². The molecule has 2 amide bonds. The molecule has 8 heteroatoms. The van der Waals surface area contributed by atoms with E-state index in [0.29, 0.717) is 31.8 Å². The molecule has 2 unspecified atom stereocenters. The molecular weight excluding hydrogens is 372 g/mol.